The number of benzene rings is 1. The molecule has 3 aromatic rings. The van der Waals surface area contributed by atoms with Crippen molar-refractivity contribution >= 4 is 16.9 Å². The van der Waals surface area contributed by atoms with Crippen LogP contribution in [0.2, 0.25) is 0 Å². The fourth-order valence-electron chi connectivity index (χ4n) is 3.63. The van der Waals surface area contributed by atoms with Crippen LogP contribution in [0.15, 0.2) is 24.3 Å². The van der Waals surface area contributed by atoms with Crippen molar-refractivity contribution in [1.82, 2.24) is 30.4 Å². The van der Waals surface area contributed by atoms with Gasteiger partial charge in [-0.3, -0.25) is 9.89 Å². The molecule has 0 spiro atoms. The molecule has 0 aliphatic carbocycles. The number of aromatic nitrogens is 4. The number of rotatable bonds is 5. The number of amides is 1. The van der Waals surface area contributed by atoms with E-state index in [1.165, 1.54) is 0 Å². The van der Waals surface area contributed by atoms with E-state index in [1.54, 1.807) is 0 Å². The van der Waals surface area contributed by atoms with Crippen LogP contribution in [0.5, 0.6) is 0 Å². The molecule has 7 nitrogen and oxygen atoms in total. The number of hydrogen-bond donors (Lipinski definition) is 3. The third kappa shape index (κ3) is 2.99. The summed E-state index contributed by atoms with van der Waals surface area (Å²) in [5, 5.41) is 13.5. The maximum Gasteiger partial charge on any atom is 0.272 e. The van der Waals surface area contributed by atoms with E-state index in [9.17, 15) is 4.79 Å². The molecule has 2 aromatic heterocycles. The first-order valence-electron chi connectivity index (χ1n) is 9.16. The minimum Gasteiger partial charge on any atom is -0.350 e. The van der Waals surface area contributed by atoms with Crippen LogP contribution in [0.4, 0.5) is 0 Å². The number of nitrogens with zero attached hydrogens (tertiary/aromatic N) is 3. The zero-order chi connectivity index (χ0) is 18.1. The fraction of sp³-hybridized carbons (Fsp3) is 0.421. The standard InChI is InChI=1S/C19H24N6O/c1-12(2)25-16-6-4-3-5-15(16)22-17(25)8-10-21-19(26)18-13-11-20-9-7-14(13)23-24-18/h3-6,12,20H,7-11H2,1-2H3,(H,21,26)(H,23,24). The number of para-hydroxylation sites is 2. The van der Waals surface area contributed by atoms with Crippen LogP contribution in [-0.2, 0) is 19.4 Å². The Morgan fingerprint density at radius 1 is 1.35 bits per heavy atom. The molecule has 7 heteroatoms. The Bertz CT molecular complexity index is 939. The summed E-state index contributed by atoms with van der Waals surface area (Å²) in [6.07, 6.45) is 1.57. The summed E-state index contributed by atoms with van der Waals surface area (Å²) >= 11 is 0. The van der Waals surface area contributed by atoms with Crippen LogP contribution < -0.4 is 10.6 Å². The van der Waals surface area contributed by atoms with Gasteiger partial charge in [0.25, 0.3) is 5.91 Å². The third-order valence-corrected chi connectivity index (χ3v) is 4.84. The van der Waals surface area contributed by atoms with Crippen LogP contribution in [0.3, 0.4) is 0 Å². The SMILES string of the molecule is CC(C)n1c(CCNC(=O)c2n[nH]c3c2CNCC3)nc2ccccc21. The predicted octanol–water partition coefficient (Wildman–Crippen LogP) is 1.96. The highest BCUT2D eigenvalue weighted by atomic mass is 16.1. The van der Waals surface area contributed by atoms with Gasteiger partial charge in [-0.15, -0.1) is 0 Å². The van der Waals surface area contributed by atoms with Crippen molar-refractivity contribution in [3.63, 3.8) is 0 Å². The van der Waals surface area contributed by atoms with Gasteiger partial charge < -0.3 is 15.2 Å². The summed E-state index contributed by atoms with van der Waals surface area (Å²) in [4.78, 5) is 17.3. The van der Waals surface area contributed by atoms with Crippen molar-refractivity contribution in [3.05, 3.63) is 47.0 Å². The summed E-state index contributed by atoms with van der Waals surface area (Å²) in [5.41, 5.74) is 4.69. The molecule has 26 heavy (non-hydrogen) atoms. The normalized spacial score (nSPS) is 14.0. The van der Waals surface area contributed by atoms with Crippen molar-refractivity contribution < 1.29 is 4.79 Å². The van der Waals surface area contributed by atoms with E-state index in [0.29, 0.717) is 31.2 Å². The lowest BCUT2D eigenvalue weighted by Gasteiger charge is -2.14. The number of H-pyrrole nitrogens is 1. The summed E-state index contributed by atoms with van der Waals surface area (Å²) in [5.74, 6) is 0.866. The molecule has 1 aliphatic heterocycles. The Morgan fingerprint density at radius 2 is 2.19 bits per heavy atom. The average molecular weight is 352 g/mol. The maximum absolute atomic E-state index is 12.5. The lowest BCUT2D eigenvalue weighted by Crippen LogP contribution is -2.30. The molecule has 136 valence electrons. The molecule has 3 heterocycles. The van der Waals surface area contributed by atoms with Gasteiger partial charge in [0, 0.05) is 49.8 Å². The van der Waals surface area contributed by atoms with Gasteiger partial charge >= 0.3 is 0 Å². The molecule has 1 amide bonds. The Balaban J connectivity index is 1.47. The van der Waals surface area contributed by atoms with Gasteiger partial charge in [0.1, 0.15) is 5.82 Å². The number of hydrogen-bond acceptors (Lipinski definition) is 4. The summed E-state index contributed by atoms with van der Waals surface area (Å²) in [6, 6.07) is 8.47. The van der Waals surface area contributed by atoms with E-state index in [2.05, 4.69) is 45.3 Å². The van der Waals surface area contributed by atoms with E-state index in [1.807, 2.05) is 18.2 Å². The minimum absolute atomic E-state index is 0.126. The van der Waals surface area contributed by atoms with Crippen LogP contribution in [0.25, 0.3) is 11.0 Å². The second-order valence-corrected chi connectivity index (χ2v) is 6.94. The van der Waals surface area contributed by atoms with Crippen molar-refractivity contribution in [2.24, 2.45) is 0 Å². The van der Waals surface area contributed by atoms with Gasteiger partial charge in [-0.2, -0.15) is 5.10 Å². The first-order chi connectivity index (χ1) is 12.6. The van der Waals surface area contributed by atoms with Gasteiger partial charge in [-0.25, -0.2) is 4.98 Å². The predicted molar refractivity (Wildman–Crippen MR) is 100 cm³/mol. The van der Waals surface area contributed by atoms with Crippen LogP contribution in [0.1, 0.15) is 47.5 Å². The average Bonchev–Trinajstić information content (AvgIpc) is 3.22. The monoisotopic (exact) mass is 352 g/mol. The Hall–Kier alpha value is -2.67. The van der Waals surface area contributed by atoms with Crippen molar-refractivity contribution in [2.75, 3.05) is 13.1 Å². The molecule has 3 N–H and O–H groups in total. The summed E-state index contributed by atoms with van der Waals surface area (Å²) < 4.78 is 2.24. The minimum atomic E-state index is -0.126. The number of aromatic amines is 1. The van der Waals surface area contributed by atoms with Crippen molar-refractivity contribution in [3.8, 4) is 0 Å². The molecule has 0 saturated heterocycles. The molecule has 4 rings (SSSR count). The zero-order valence-electron chi connectivity index (χ0n) is 15.2. The van der Waals surface area contributed by atoms with E-state index in [4.69, 9.17) is 4.98 Å². The quantitative estimate of drug-likeness (QED) is 0.655. The zero-order valence-corrected chi connectivity index (χ0v) is 15.2. The van der Waals surface area contributed by atoms with E-state index >= 15 is 0 Å². The lowest BCUT2D eigenvalue weighted by atomic mass is 10.1. The molecule has 0 radical (unpaired) electrons. The Morgan fingerprint density at radius 3 is 3.04 bits per heavy atom. The second kappa shape index (κ2) is 6.92. The number of carbonyl (C=O) groups is 1. The lowest BCUT2D eigenvalue weighted by molar-refractivity contribution is 0.0947. The van der Waals surface area contributed by atoms with Gasteiger partial charge in [0.05, 0.1) is 11.0 Å². The van der Waals surface area contributed by atoms with Crippen molar-refractivity contribution in [2.45, 2.75) is 39.3 Å². The fourth-order valence-corrected chi connectivity index (χ4v) is 3.63. The molecular formula is C19H24N6O. The highest BCUT2D eigenvalue weighted by Crippen LogP contribution is 2.21. The van der Waals surface area contributed by atoms with E-state index < -0.39 is 0 Å². The molecule has 0 bridgehead atoms. The molecule has 0 unspecified atom stereocenters. The molecule has 1 aliphatic rings. The molecule has 0 atom stereocenters. The molecule has 0 fully saturated rings. The number of carbonyl (C=O) groups excluding carboxylic acids is 1. The first kappa shape index (κ1) is 16.8. The van der Waals surface area contributed by atoms with Gasteiger partial charge in [-0.1, -0.05) is 12.1 Å². The second-order valence-electron chi connectivity index (χ2n) is 6.94. The van der Waals surface area contributed by atoms with Gasteiger partial charge in [0.2, 0.25) is 0 Å². The molecule has 0 saturated carbocycles. The Kier molecular flexibility index (Phi) is 4.46. The van der Waals surface area contributed by atoms with Crippen LogP contribution >= 0.6 is 0 Å². The molecular weight excluding hydrogens is 328 g/mol. The van der Waals surface area contributed by atoms with Crippen LogP contribution in [-0.4, -0.2) is 38.7 Å². The number of imidazole rings is 1. The van der Waals surface area contributed by atoms with E-state index in [0.717, 1.165) is 41.1 Å². The Labute approximate surface area is 152 Å². The van der Waals surface area contributed by atoms with E-state index in [-0.39, 0.29) is 5.91 Å². The maximum atomic E-state index is 12.5. The van der Waals surface area contributed by atoms with Crippen molar-refractivity contribution in [1.29, 1.82) is 0 Å². The highest BCUT2D eigenvalue weighted by molar-refractivity contribution is 5.94. The third-order valence-electron chi connectivity index (χ3n) is 4.84. The summed E-state index contributed by atoms with van der Waals surface area (Å²) in [7, 11) is 0. The first-order valence-corrected chi connectivity index (χ1v) is 9.16. The number of nitrogens with one attached hydrogen (secondary N) is 3. The highest BCUT2D eigenvalue weighted by Gasteiger charge is 2.21. The molecule has 1 aromatic carbocycles. The van der Waals surface area contributed by atoms with Crippen LogP contribution in [0, 0.1) is 0 Å². The van der Waals surface area contributed by atoms with Gasteiger partial charge in [0.15, 0.2) is 5.69 Å². The van der Waals surface area contributed by atoms with Gasteiger partial charge in [-0.05, 0) is 26.0 Å². The summed E-state index contributed by atoms with van der Waals surface area (Å²) in [6.45, 7) is 6.45. The number of fused-ring (bicyclic) bond motifs is 2. The smallest absolute Gasteiger partial charge is 0.272 e. The largest absolute Gasteiger partial charge is 0.350 e. The topological polar surface area (TPSA) is 87.6 Å².